The molecule has 2 heterocycles. The van der Waals surface area contributed by atoms with E-state index < -0.39 is 0 Å². The Morgan fingerprint density at radius 1 is 0.970 bits per heavy atom. The van der Waals surface area contributed by atoms with Gasteiger partial charge in [-0.05, 0) is 60.1 Å². The van der Waals surface area contributed by atoms with E-state index in [1.807, 2.05) is 18.3 Å². The molecule has 0 radical (unpaired) electrons. The van der Waals surface area contributed by atoms with E-state index in [2.05, 4.69) is 45.5 Å². The molecular formula is C28H30FN3O. The first-order valence-corrected chi connectivity index (χ1v) is 11.9. The lowest BCUT2D eigenvalue weighted by molar-refractivity contribution is -0.143. The third-order valence-electron chi connectivity index (χ3n) is 7.29. The lowest BCUT2D eigenvalue weighted by Crippen LogP contribution is -2.59. The standard InChI is InChI=1S/C28H30FN3O/c29-23-13-11-20(12-14-23)19-32-26-10-4-9-25(31-18-21-6-5-15-30-17-21)28(26)24(16-27(32)33)22-7-2-1-3-8-22/h1-3,5-8,11-15,17,24-26,28,31H,4,9-10,16,18-19H2/t24-,25+,26-,28+/m1/s1. The van der Waals surface area contributed by atoms with Gasteiger partial charge in [-0.25, -0.2) is 4.39 Å². The summed E-state index contributed by atoms with van der Waals surface area (Å²) in [7, 11) is 0. The van der Waals surface area contributed by atoms with Gasteiger partial charge in [0.15, 0.2) is 0 Å². The van der Waals surface area contributed by atoms with Crippen molar-refractivity contribution >= 4 is 5.91 Å². The van der Waals surface area contributed by atoms with Gasteiger partial charge in [0.1, 0.15) is 5.82 Å². The third-order valence-corrected chi connectivity index (χ3v) is 7.29. The zero-order chi connectivity index (χ0) is 22.6. The van der Waals surface area contributed by atoms with E-state index in [4.69, 9.17) is 0 Å². The Bertz CT molecular complexity index is 1060. The molecule has 0 bridgehead atoms. The fourth-order valence-corrected chi connectivity index (χ4v) is 5.76. The zero-order valence-corrected chi connectivity index (χ0v) is 18.7. The number of likely N-dealkylation sites (tertiary alicyclic amines) is 1. The van der Waals surface area contributed by atoms with Crippen molar-refractivity contribution in [1.82, 2.24) is 15.2 Å². The number of benzene rings is 2. The Balaban J connectivity index is 1.43. The van der Waals surface area contributed by atoms with Crippen LogP contribution in [0.15, 0.2) is 79.1 Å². The SMILES string of the molecule is O=C1C[C@H](c2ccccc2)[C@H]2[C@@H](NCc3cccnc3)CCC[C@H]2N1Cc1ccc(F)cc1. The fraction of sp³-hybridized carbons (Fsp3) is 0.357. The first kappa shape index (κ1) is 21.8. The van der Waals surface area contributed by atoms with Gasteiger partial charge in [0, 0.05) is 49.9 Å². The van der Waals surface area contributed by atoms with E-state index >= 15 is 0 Å². The number of aromatic nitrogens is 1. The molecule has 1 saturated carbocycles. The van der Waals surface area contributed by atoms with Crippen molar-refractivity contribution in [3.63, 3.8) is 0 Å². The lowest BCUT2D eigenvalue weighted by atomic mass is 9.66. The van der Waals surface area contributed by atoms with E-state index in [1.54, 1.807) is 18.3 Å². The van der Waals surface area contributed by atoms with Crippen LogP contribution in [-0.4, -0.2) is 27.9 Å². The Morgan fingerprint density at radius 3 is 2.55 bits per heavy atom. The molecule has 2 aromatic carbocycles. The van der Waals surface area contributed by atoms with Crippen molar-refractivity contribution in [3.8, 4) is 0 Å². The number of carbonyl (C=O) groups excluding carboxylic acids is 1. The van der Waals surface area contributed by atoms with Gasteiger partial charge in [-0.15, -0.1) is 0 Å². The highest BCUT2D eigenvalue weighted by Gasteiger charge is 2.47. The molecule has 1 amide bonds. The van der Waals surface area contributed by atoms with Gasteiger partial charge in [-0.1, -0.05) is 48.5 Å². The minimum atomic E-state index is -0.247. The summed E-state index contributed by atoms with van der Waals surface area (Å²) < 4.78 is 13.4. The van der Waals surface area contributed by atoms with Gasteiger partial charge >= 0.3 is 0 Å². The number of halogens is 1. The van der Waals surface area contributed by atoms with Crippen LogP contribution in [0.3, 0.4) is 0 Å². The molecular weight excluding hydrogens is 413 g/mol. The maximum atomic E-state index is 13.4. The van der Waals surface area contributed by atoms with Crippen LogP contribution < -0.4 is 5.32 Å². The summed E-state index contributed by atoms with van der Waals surface area (Å²) in [6, 6.07) is 21.6. The second-order valence-corrected chi connectivity index (χ2v) is 9.29. The number of nitrogens with zero attached hydrogens (tertiary/aromatic N) is 2. The average Bonchev–Trinajstić information content (AvgIpc) is 2.86. The van der Waals surface area contributed by atoms with Gasteiger partial charge in [-0.3, -0.25) is 9.78 Å². The highest BCUT2D eigenvalue weighted by Crippen LogP contribution is 2.45. The molecule has 33 heavy (non-hydrogen) atoms. The van der Waals surface area contributed by atoms with E-state index in [9.17, 15) is 9.18 Å². The fourth-order valence-electron chi connectivity index (χ4n) is 5.76. The number of hydrogen-bond acceptors (Lipinski definition) is 3. The third kappa shape index (κ3) is 4.83. The van der Waals surface area contributed by atoms with Crippen LogP contribution in [-0.2, 0) is 17.9 Å². The average molecular weight is 444 g/mol. The van der Waals surface area contributed by atoms with Crippen molar-refractivity contribution in [1.29, 1.82) is 0 Å². The Morgan fingerprint density at radius 2 is 1.79 bits per heavy atom. The molecule has 1 aliphatic heterocycles. The highest BCUT2D eigenvalue weighted by atomic mass is 19.1. The number of rotatable bonds is 6. The number of amides is 1. The summed E-state index contributed by atoms with van der Waals surface area (Å²) in [5.74, 6) is 0.473. The Kier molecular flexibility index (Phi) is 6.49. The summed E-state index contributed by atoms with van der Waals surface area (Å²) in [4.78, 5) is 19.7. The predicted molar refractivity (Wildman–Crippen MR) is 127 cm³/mol. The minimum absolute atomic E-state index is 0.168. The van der Waals surface area contributed by atoms with Crippen LogP contribution in [0.4, 0.5) is 4.39 Å². The lowest BCUT2D eigenvalue weighted by Gasteiger charge is -2.51. The molecule has 1 N–H and O–H groups in total. The van der Waals surface area contributed by atoms with Crippen molar-refractivity contribution in [2.24, 2.45) is 5.92 Å². The zero-order valence-electron chi connectivity index (χ0n) is 18.7. The molecule has 5 rings (SSSR count). The molecule has 3 aromatic rings. The maximum Gasteiger partial charge on any atom is 0.223 e. The second kappa shape index (κ2) is 9.84. The van der Waals surface area contributed by atoms with Crippen LogP contribution in [0.1, 0.15) is 48.3 Å². The summed E-state index contributed by atoms with van der Waals surface area (Å²) >= 11 is 0. The number of piperidine rings is 1. The van der Waals surface area contributed by atoms with Crippen molar-refractivity contribution in [3.05, 3.63) is 102 Å². The molecule has 170 valence electrons. The van der Waals surface area contributed by atoms with Gasteiger partial charge in [0.05, 0.1) is 0 Å². The predicted octanol–water partition coefficient (Wildman–Crippen LogP) is 5.06. The summed E-state index contributed by atoms with van der Waals surface area (Å²) in [6.07, 6.45) is 7.41. The number of fused-ring (bicyclic) bond motifs is 1. The molecule has 4 atom stereocenters. The quantitative estimate of drug-likeness (QED) is 0.579. The summed E-state index contributed by atoms with van der Waals surface area (Å²) in [5.41, 5.74) is 3.40. The molecule has 1 aliphatic carbocycles. The molecule has 0 unspecified atom stereocenters. The van der Waals surface area contributed by atoms with E-state index in [0.29, 0.717) is 24.9 Å². The highest BCUT2D eigenvalue weighted by molar-refractivity contribution is 5.79. The van der Waals surface area contributed by atoms with E-state index in [1.165, 1.54) is 23.3 Å². The molecule has 1 aromatic heterocycles. The number of hydrogen-bond donors (Lipinski definition) is 1. The van der Waals surface area contributed by atoms with Crippen LogP contribution in [0.2, 0.25) is 0 Å². The smallest absolute Gasteiger partial charge is 0.223 e. The van der Waals surface area contributed by atoms with Gasteiger partial charge in [0.2, 0.25) is 5.91 Å². The van der Waals surface area contributed by atoms with Gasteiger partial charge < -0.3 is 10.2 Å². The normalized spacial score (nSPS) is 25.0. The molecule has 2 fully saturated rings. The summed E-state index contributed by atoms with van der Waals surface area (Å²) in [5, 5.41) is 3.82. The van der Waals surface area contributed by atoms with Crippen LogP contribution in [0.5, 0.6) is 0 Å². The topological polar surface area (TPSA) is 45.2 Å². The monoisotopic (exact) mass is 443 g/mol. The molecule has 0 spiro atoms. The van der Waals surface area contributed by atoms with Crippen LogP contribution >= 0.6 is 0 Å². The Labute approximate surface area is 194 Å². The number of pyridine rings is 1. The van der Waals surface area contributed by atoms with Gasteiger partial charge in [0.25, 0.3) is 0 Å². The largest absolute Gasteiger partial charge is 0.335 e. The van der Waals surface area contributed by atoms with Crippen LogP contribution in [0.25, 0.3) is 0 Å². The molecule has 2 aliphatic rings. The Hall–Kier alpha value is -3.05. The number of carbonyl (C=O) groups is 1. The van der Waals surface area contributed by atoms with Crippen molar-refractivity contribution in [2.45, 2.75) is 56.8 Å². The van der Waals surface area contributed by atoms with Gasteiger partial charge in [-0.2, -0.15) is 0 Å². The van der Waals surface area contributed by atoms with Crippen molar-refractivity contribution < 1.29 is 9.18 Å². The molecule has 5 heteroatoms. The van der Waals surface area contributed by atoms with Crippen molar-refractivity contribution in [2.75, 3.05) is 0 Å². The molecule has 4 nitrogen and oxygen atoms in total. The number of nitrogens with one attached hydrogen (secondary N) is 1. The second-order valence-electron chi connectivity index (χ2n) is 9.29. The van der Waals surface area contributed by atoms with Crippen LogP contribution in [0, 0.1) is 11.7 Å². The minimum Gasteiger partial charge on any atom is -0.335 e. The maximum absolute atomic E-state index is 13.4. The van der Waals surface area contributed by atoms with E-state index in [0.717, 1.165) is 31.4 Å². The molecule has 1 saturated heterocycles. The first-order valence-electron chi connectivity index (χ1n) is 11.9. The summed E-state index contributed by atoms with van der Waals surface area (Å²) in [6.45, 7) is 1.31. The first-order chi connectivity index (χ1) is 16.2. The van der Waals surface area contributed by atoms with E-state index in [-0.39, 0.29) is 23.7 Å².